The summed E-state index contributed by atoms with van der Waals surface area (Å²) in [7, 11) is 0. The van der Waals surface area contributed by atoms with Crippen molar-refractivity contribution >= 4 is 16.9 Å². The van der Waals surface area contributed by atoms with Crippen LogP contribution in [0.25, 0.3) is 11.0 Å². The molecule has 3 aromatic rings. The minimum Gasteiger partial charge on any atom is -0.479 e. The first-order valence-corrected chi connectivity index (χ1v) is 8.78. The van der Waals surface area contributed by atoms with Crippen LogP contribution < -0.4 is 10.4 Å². The van der Waals surface area contributed by atoms with Crippen LogP contribution in [-0.4, -0.2) is 12.1 Å². The van der Waals surface area contributed by atoms with Gasteiger partial charge in [-0.3, -0.25) is 0 Å². The molecule has 0 aliphatic carbocycles. The number of esters is 1. The highest BCUT2D eigenvalue weighted by Gasteiger charge is 2.18. The summed E-state index contributed by atoms with van der Waals surface area (Å²) in [5.74, 6) is 0.109. The zero-order valence-corrected chi connectivity index (χ0v) is 15.9. The van der Waals surface area contributed by atoms with Crippen molar-refractivity contribution in [2.75, 3.05) is 0 Å². The largest absolute Gasteiger partial charge is 0.479 e. The van der Waals surface area contributed by atoms with E-state index in [0.29, 0.717) is 16.9 Å². The predicted octanol–water partition coefficient (Wildman–Crippen LogP) is 4.23. The number of hydrogen-bond acceptors (Lipinski definition) is 5. The van der Waals surface area contributed by atoms with Crippen LogP contribution >= 0.6 is 0 Å². The van der Waals surface area contributed by atoms with E-state index in [2.05, 4.69) is 0 Å². The molecular weight excluding hydrogens is 344 g/mol. The number of benzene rings is 2. The normalized spacial score (nSPS) is 12.0. The summed E-state index contributed by atoms with van der Waals surface area (Å²) < 4.78 is 16.4. The predicted molar refractivity (Wildman–Crippen MR) is 103 cm³/mol. The molecule has 140 valence electrons. The van der Waals surface area contributed by atoms with Crippen molar-refractivity contribution in [2.24, 2.45) is 0 Å². The van der Waals surface area contributed by atoms with Gasteiger partial charge in [0.15, 0.2) is 6.10 Å². The average Bonchev–Trinajstić information content (AvgIpc) is 2.62. The van der Waals surface area contributed by atoms with Crippen molar-refractivity contribution in [3.05, 3.63) is 75.1 Å². The fourth-order valence-electron chi connectivity index (χ4n) is 2.85. The Kier molecular flexibility index (Phi) is 5.31. The highest BCUT2D eigenvalue weighted by molar-refractivity contribution is 5.84. The van der Waals surface area contributed by atoms with E-state index in [1.165, 1.54) is 6.07 Å². The molecule has 5 nitrogen and oxygen atoms in total. The topological polar surface area (TPSA) is 65.7 Å². The number of carbonyl (C=O) groups is 1. The lowest BCUT2D eigenvalue weighted by Gasteiger charge is -2.15. The molecule has 0 spiro atoms. The van der Waals surface area contributed by atoms with Crippen molar-refractivity contribution < 1.29 is 18.7 Å². The van der Waals surface area contributed by atoms with Gasteiger partial charge in [0.05, 0.1) is 0 Å². The fourth-order valence-corrected chi connectivity index (χ4v) is 2.85. The number of ether oxygens (including phenoxy) is 2. The van der Waals surface area contributed by atoms with E-state index < -0.39 is 17.7 Å². The molecule has 0 radical (unpaired) electrons. The first-order chi connectivity index (χ1) is 12.8. The number of rotatable bonds is 5. The third-order valence-corrected chi connectivity index (χ3v) is 4.52. The van der Waals surface area contributed by atoms with Gasteiger partial charge in [-0.15, -0.1) is 0 Å². The molecule has 0 aliphatic rings. The molecule has 0 amide bonds. The van der Waals surface area contributed by atoms with Crippen molar-refractivity contribution in [2.45, 2.75) is 40.4 Å². The zero-order chi connectivity index (χ0) is 19.6. The number of aryl methyl sites for hydroxylation is 3. The molecule has 1 atom stereocenters. The molecule has 0 saturated heterocycles. The van der Waals surface area contributed by atoms with Gasteiger partial charge in [0.1, 0.15) is 17.9 Å². The monoisotopic (exact) mass is 366 g/mol. The highest BCUT2D eigenvalue weighted by atomic mass is 16.6. The lowest BCUT2D eigenvalue weighted by atomic mass is 10.0. The van der Waals surface area contributed by atoms with E-state index in [1.807, 2.05) is 51.1 Å². The first-order valence-electron chi connectivity index (χ1n) is 8.78. The van der Waals surface area contributed by atoms with Crippen LogP contribution in [0.1, 0.15) is 29.2 Å². The van der Waals surface area contributed by atoms with Crippen LogP contribution in [0.15, 0.2) is 51.7 Å². The Hall–Kier alpha value is -3.08. The van der Waals surface area contributed by atoms with Crippen molar-refractivity contribution in [1.29, 1.82) is 0 Å². The molecule has 5 heteroatoms. The summed E-state index contributed by atoms with van der Waals surface area (Å²) in [5.41, 5.74) is 3.64. The Morgan fingerprint density at radius 2 is 1.89 bits per heavy atom. The van der Waals surface area contributed by atoms with E-state index >= 15 is 0 Å². The van der Waals surface area contributed by atoms with E-state index in [9.17, 15) is 9.59 Å². The smallest absolute Gasteiger partial charge is 0.347 e. The molecule has 1 aromatic heterocycles. The molecule has 0 fully saturated rings. The fraction of sp³-hybridized carbons (Fsp3) is 0.273. The number of carbonyl (C=O) groups excluding carboxylic acids is 1. The molecule has 0 bridgehead atoms. The van der Waals surface area contributed by atoms with Gasteiger partial charge in [-0.25, -0.2) is 9.59 Å². The van der Waals surface area contributed by atoms with Gasteiger partial charge in [-0.05, 0) is 56.5 Å². The Morgan fingerprint density at radius 3 is 2.63 bits per heavy atom. The van der Waals surface area contributed by atoms with Gasteiger partial charge in [0.25, 0.3) is 0 Å². The zero-order valence-electron chi connectivity index (χ0n) is 15.9. The van der Waals surface area contributed by atoms with Crippen LogP contribution in [0.2, 0.25) is 0 Å². The van der Waals surface area contributed by atoms with Crippen molar-refractivity contribution in [3.8, 4) is 5.75 Å². The molecule has 3 rings (SSSR count). The standard InChI is InChI=1S/C22H22O5/c1-13-6-5-7-18(10-13)26-16(4)22(24)25-12-17-11-20(23)27-21-15(3)14(2)8-9-19(17)21/h5-11,16H,12H2,1-4H3/t16-/m0/s1. The Labute approximate surface area is 157 Å². The Balaban J connectivity index is 1.75. The Morgan fingerprint density at radius 1 is 1.11 bits per heavy atom. The number of hydrogen-bond donors (Lipinski definition) is 0. The second-order valence-electron chi connectivity index (χ2n) is 6.66. The minimum atomic E-state index is -0.762. The van der Waals surface area contributed by atoms with Crippen LogP contribution in [0, 0.1) is 20.8 Å². The van der Waals surface area contributed by atoms with Gasteiger partial charge < -0.3 is 13.9 Å². The maximum atomic E-state index is 12.3. The van der Waals surface area contributed by atoms with Crippen LogP contribution in [-0.2, 0) is 16.1 Å². The molecule has 0 unspecified atom stereocenters. The molecule has 0 saturated carbocycles. The molecule has 1 heterocycles. The number of fused-ring (bicyclic) bond motifs is 1. The quantitative estimate of drug-likeness (QED) is 0.499. The van der Waals surface area contributed by atoms with Crippen LogP contribution in [0.3, 0.4) is 0 Å². The molecule has 0 aliphatic heterocycles. The van der Waals surface area contributed by atoms with E-state index in [-0.39, 0.29) is 6.61 Å². The van der Waals surface area contributed by atoms with Gasteiger partial charge in [-0.2, -0.15) is 0 Å². The molecule has 2 aromatic carbocycles. The highest BCUT2D eigenvalue weighted by Crippen LogP contribution is 2.24. The van der Waals surface area contributed by atoms with Gasteiger partial charge in [0.2, 0.25) is 0 Å². The van der Waals surface area contributed by atoms with E-state index in [1.54, 1.807) is 13.0 Å². The molecule has 27 heavy (non-hydrogen) atoms. The van der Waals surface area contributed by atoms with Gasteiger partial charge >= 0.3 is 11.6 Å². The summed E-state index contributed by atoms with van der Waals surface area (Å²) >= 11 is 0. The van der Waals surface area contributed by atoms with Gasteiger partial charge in [-0.1, -0.05) is 24.3 Å². The summed E-state index contributed by atoms with van der Waals surface area (Å²) in [5, 5.41) is 0.762. The molecule has 0 N–H and O–H groups in total. The summed E-state index contributed by atoms with van der Waals surface area (Å²) in [4.78, 5) is 24.2. The second-order valence-corrected chi connectivity index (χ2v) is 6.66. The maximum Gasteiger partial charge on any atom is 0.347 e. The lowest BCUT2D eigenvalue weighted by Crippen LogP contribution is -2.26. The molecular formula is C22H22O5. The van der Waals surface area contributed by atoms with E-state index in [0.717, 1.165) is 22.1 Å². The summed E-state index contributed by atoms with van der Waals surface area (Å²) in [6.45, 7) is 7.41. The Bertz CT molecular complexity index is 1050. The first kappa shape index (κ1) is 18.7. The third-order valence-electron chi connectivity index (χ3n) is 4.52. The second kappa shape index (κ2) is 7.66. The minimum absolute atomic E-state index is 0.0229. The third kappa shape index (κ3) is 4.19. The van der Waals surface area contributed by atoms with E-state index in [4.69, 9.17) is 13.9 Å². The summed E-state index contributed by atoms with van der Waals surface area (Å²) in [6, 6.07) is 12.6. The van der Waals surface area contributed by atoms with Crippen molar-refractivity contribution in [1.82, 2.24) is 0 Å². The SMILES string of the molecule is Cc1cccc(O[C@@H](C)C(=O)OCc2cc(=O)oc3c(C)c(C)ccc23)c1. The van der Waals surface area contributed by atoms with Crippen LogP contribution in [0.4, 0.5) is 0 Å². The average molecular weight is 366 g/mol. The van der Waals surface area contributed by atoms with Crippen molar-refractivity contribution in [3.63, 3.8) is 0 Å². The lowest BCUT2D eigenvalue weighted by molar-refractivity contribution is -0.152. The van der Waals surface area contributed by atoms with Gasteiger partial charge in [0, 0.05) is 17.0 Å². The maximum absolute atomic E-state index is 12.3. The summed E-state index contributed by atoms with van der Waals surface area (Å²) in [6.07, 6.45) is -0.762. The van der Waals surface area contributed by atoms with Crippen LogP contribution in [0.5, 0.6) is 5.75 Å².